The number of para-hydroxylation sites is 1. The minimum Gasteiger partial charge on any atom is -0.494 e. The highest BCUT2D eigenvalue weighted by molar-refractivity contribution is 5.99. The maximum atomic E-state index is 12.7. The van der Waals surface area contributed by atoms with Gasteiger partial charge in [-0.25, -0.2) is 9.97 Å². The molecule has 0 saturated carbocycles. The highest BCUT2D eigenvalue weighted by Crippen LogP contribution is 2.37. The molecule has 0 radical (unpaired) electrons. The molecule has 2 amide bonds. The van der Waals surface area contributed by atoms with Crippen LogP contribution < -0.4 is 25.6 Å². The van der Waals surface area contributed by atoms with Crippen molar-refractivity contribution in [2.24, 2.45) is 7.05 Å². The number of pyridine rings is 1. The Morgan fingerprint density at radius 3 is 2.33 bits per heavy atom. The number of hydrogen-bond donors (Lipinski definition) is 4. The SMILES string of the molecule is CNC(=O)c1nnc(Nc2ccc(N3CCN(C(=O)CCCCCCC(=O)O)CC3)cn2)cc1Nc1cccc(-c2ncn(C)n2)c1OC. The minimum atomic E-state index is -0.777. The second-order valence-electron chi connectivity index (χ2n) is 11.5. The number of unbranched alkanes of at least 4 members (excludes halogenated alkanes) is 3. The Balaban J connectivity index is 1.21. The van der Waals surface area contributed by atoms with Crippen molar-refractivity contribution in [1.29, 1.82) is 0 Å². The van der Waals surface area contributed by atoms with Gasteiger partial charge in [0.2, 0.25) is 5.91 Å². The summed E-state index contributed by atoms with van der Waals surface area (Å²) >= 11 is 0. The number of amides is 2. The van der Waals surface area contributed by atoms with E-state index in [0.29, 0.717) is 79.2 Å². The van der Waals surface area contributed by atoms with Gasteiger partial charge in [0.25, 0.3) is 5.91 Å². The van der Waals surface area contributed by atoms with Crippen molar-refractivity contribution in [3.63, 3.8) is 0 Å². The zero-order chi connectivity index (χ0) is 34.8. The van der Waals surface area contributed by atoms with Crippen molar-refractivity contribution in [3.05, 3.63) is 54.6 Å². The summed E-state index contributed by atoms with van der Waals surface area (Å²) in [7, 11) is 4.86. The average Bonchev–Trinajstić information content (AvgIpc) is 3.55. The summed E-state index contributed by atoms with van der Waals surface area (Å²) in [6.07, 6.45) is 7.15. The lowest BCUT2D eigenvalue weighted by atomic mass is 10.1. The summed E-state index contributed by atoms with van der Waals surface area (Å²) in [6.45, 7) is 2.66. The Labute approximate surface area is 283 Å². The third kappa shape index (κ3) is 8.97. The molecule has 1 saturated heterocycles. The first-order valence-electron chi connectivity index (χ1n) is 16.1. The molecule has 1 aromatic carbocycles. The van der Waals surface area contributed by atoms with Gasteiger partial charge in [-0.05, 0) is 37.1 Å². The lowest BCUT2D eigenvalue weighted by molar-refractivity contribution is -0.137. The normalized spacial score (nSPS) is 12.8. The van der Waals surface area contributed by atoms with Crippen LogP contribution in [0.4, 0.5) is 28.7 Å². The van der Waals surface area contributed by atoms with E-state index in [1.54, 1.807) is 37.4 Å². The van der Waals surface area contributed by atoms with E-state index in [4.69, 9.17) is 9.84 Å². The molecule has 1 fully saturated rings. The molecule has 0 bridgehead atoms. The lowest BCUT2D eigenvalue weighted by Gasteiger charge is -2.36. The van der Waals surface area contributed by atoms with Gasteiger partial charge in [0.15, 0.2) is 23.1 Å². The molecule has 4 aromatic rings. The van der Waals surface area contributed by atoms with E-state index in [9.17, 15) is 14.4 Å². The Kier molecular flexibility index (Phi) is 11.5. The number of carboxylic acid groups (broad SMARTS) is 1. The van der Waals surface area contributed by atoms with E-state index < -0.39 is 11.9 Å². The second kappa shape index (κ2) is 16.3. The summed E-state index contributed by atoms with van der Waals surface area (Å²) < 4.78 is 7.33. The number of carboxylic acids is 1. The van der Waals surface area contributed by atoms with E-state index >= 15 is 0 Å². The molecule has 1 aliphatic rings. The van der Waals surface area contributed by atoms with Crippen LogP contribution in [0.15, 0.2) is 48.9 Å². The molecule has 258 valence electrons. The summed E-state index contributed by atoms with van der Waals surface area (Å²) in [5.41, 5.74) is 2.67. The third-order valence-corrected chi connectivity index (χ3v) is 8.10. The largest absolute Gasteiger partial charge is 0.494 e. The minimum absolute atomic E-state index is 0.0909. The lowest BCUT2D eigenvalue weighted by Crippen LogP contribution is -2.48. The van der Waals surface area contributed by atoms with Crippen molar-refractivity contribution in [2.45, 2.75) is 38.5 Å². The quantitative estimate of drug-likeness (QED) is 0.134. The fourth-order valence-electron chi connectivity index (χ4n) is 5.53. The number of anilines is 5. The van der Waals surface area contributed by atoms with Crippen molar-refractivity contribution in [3.8, 4) is 17.1 Å². The Hall–Kier alpha value is -5.80. The molecular weight excluding hydrogens is 630 g/mol. The molecular formula is C33H41N11O5. The molecule has 4 heterocycles. The Morgan fingerprint density at radius 1 is 0.898 bits per heavy atom. The number of nitrogens with zero attached hydrogens (tertiary/aromatic N) is 8. The molecule has 5 rings (SSSR count). The van der Waals surface area contributed by atoms with Gasteiger partial charge in [0.05, 0.1) is 35.9 Å². The highest BCUT2D eigenvalue weighted by atomic mass is 16.5. The summed E-state index contributed by atoms with van der Waals surface area (Å²) in [5.74, 6) is 0.842. The zero-order valence-electron chi connectivity index (χ0n) is 27.8. The molecule has 16 heteroatoms. The van der Waals surface area contributed by atoms with Crippen LogP contribution in [0.1, 0.15) is 49.0 Å². The van der Waals surface area contributed by atoms with Crippen LogP contribution in [0.2, 0.25) is 0 Å². The van der Waals surface area contributed by atoms with E-state index in [-0.39, 0.29) is 18.0 Å². The summed E-state index contributed by atoms with van der Waals surface area (Å²) in [6, 6.07) is 11.0. The van der Waals surface area contributed by atoms with Crippen LogP contribution in [0.3, 0.4) is 0 Å². The van der Waals surface area contributed by atoms with Crippen molar-refractivity contribution in [1.82, 2.24) is 40.2 Å². The van der Waals surface area contributed by atoms with Crippen molar-refractivity contribution in [2.75, 3.05) is 55.9 Å². The van der Waals surface area contributed by atoms with Gasteiger partial charge in [0, 0.05) is 59.2 Å². The van der Waals surface area contributed by atoms with Crippen LogP contribution >= 0.6 is 0 Å². The Morgan fingerprint density at radius 2 is 1.67 bits per heavy atom. The van der Waals surface area contributed by atoms with Crippen molar-refractivity contribution < 1.29 is 24.2 Å². The molecule has 3 aromatic heterocycles. The number of carbonyl (C=O) groups is 3. The fraction of sp³-hybridized carbons (Fsp3) is 0.394. The standard InChI is InChI=1S/C33H41N11O5/c1-34-33(48)30-25(37-24-10-8-9-23(31(24)49-3)32-36-21-42(2)41-32)19-27(39-40-30)38-26-14-13-22(20-35-26)43-15-17-44(18-16-43)28(45)11-6-4-5-7-12-29(46)47/h8-10,13-14,19-21H,4-7,11-12,15-18H2,1-3H3,(H,34,48)(H,46,47)(H2,35,37,38,39). The number of carbonyl (C=O) groups excluding carboxylic acids is 2. The summed E-state index contributed by atoms with van der Waals surface area (Å²) in [4.78, 5) is 49.0. The smallest absolute Gasteiger partial charge is 0.303 e. The van der Waals surface area contributed by atoms with Crippen LogP contribution in [-0.2, 0) is 16.6 Å². The maximum absolute atomic E-state index is 12.7. The first kappa shape index (κ1) is 34.5. The molecule has 49 heavy (non-hydrogen) atoms. The molecule has 0 spiro atoms. The van der Waals surface area contributed by atoms with Gasteiger partial charge in [-0.2, -0.15) is 5.10 Å². The molecule has 0 aliphatic carbocycles. The average molecular weight is 672 g/mol. The highest BCUT2D eigenvalue weighted by Gasteiger charge is 2.22. The predicted molar refractivity (Wildman–Crippen MR) is 183 cm³/mol. The van der Waals surface area contributed by atoms with E-state index in [1.165, 1.54) is 7.05 Å². The van der Waals surface area contributed by atoms with E-state index in [0.717, 1.165) is 24.9 Å². The summed E-state index contributed by atoms with van der Waals surface area (Å²) in [5, 5.41) is 30.6. The predicted octanol–water partition coefficient (Wildman–Crippen LogP) is 3.60. The number of nitrogens with one attached hydrogen (secondary N) is 3. The number of piperazine rings is 1. The van der Waals surface area contributed by atoms with E-state index in [2.05, 4.69) is 46.1 Å². The topological polar surface area (TPSA) is 193 Å². The molecule has 0 unspecified atom stereocenters. The number of hydrogen-bond acceptors (Lipinski definition) is 12. The monoisotopic (exact) mass is 671 g/mol. The van der Waals surface area contributed by atoms with Crippen LogP contribution in [0, 0.1) is 0 Å². The number of aromatic nitrogens is 6. The molecule has 4 N–H and O–H groups in total. The second-order valence-corrected chi connectivity index (χ2v) is 11.5. The van der Waals surface area contributed by atoms with Gasteiger partial charge in [-0.3, -0.25) is 19.1 Å². The zero-order valence-corrected chi connectivity index (χ0v) is 27.8. The van der Waals surface area contributed by atoms with Crippen LogP contribution in [-0.4, -0.2) is 98.1 Å². The fourth-order valence-corrected chi connectivity index (χ4v) is 5.53. The third-order valence-electron chi connectivity index (χ3n) is 8.10. The number of rotatable bonds is 15. The maximum Gasteiger partial charge on any atom is 0.303 e. The van der Waals surface area contributed by atoms with Gasteiger partial charge >= 0.3 is 5.97 Å². The van der Waals surface area contributed by atoms with Gasteiger partial charge in [-0.1, -0.05) is 18.9 Å². The van der Waals surface area contributed by atoms with Crippen molar-refractivity contribution >= 4 is 46.5 Å². The first-order valence-corrected chi connectivity index (χ1v) is 16.1. The Bertz CT molecular complexity index is 1750. The van der Waals surface area contributed by atoms with Crippen LogP contribution in [0.25, 0.3) is 11.4 Å². The van der Waals surface area contributed by atoms with Crippen LogP contribution in [0.5, 0.6) is 5.75 Å². The number of aryl methyl sites for hydroxylation is 1. The van der Waals surface area contributed by atoms with Gasteiger partial charge in [-0.15, -0.1) is 10.2 Å². The molecule has 1 aliphatic heterocycles. The van der Waals surface area contributed by atoms with Gasteiger partial charge in [0.1, 0.15) is 12.1 Å². The van der Waals surface area contributed by atoms with Gasteiger partial charge < -0.3 is 35.6 Å². The first-order chi connectivity index (χ1) is 23.7. The van der Waals surface area contributed by atoms with E-state index in [1.807, 2.05) is 35.2 Å². The number of benzene rings is 1. The molecule has 0 atom stereocenters. The number of ether oxygens (including phenoxy) is 1. The molecule has 16 nitrogen and oxygen atoms in total. The number of aliphatic carboxylic acids is 1. The number of methoxy groups -OCH3 is 1.